The molecule has 5 nitrogen and oxygen atoms in total. The lowest BCUT2D eigenvalue weighted by atomic mass is 9.80. The van der Waals surface area contributed by atoms with Crippen molar-refractivity contribution in [3.8, 4) is 17.1 Å². The predicted octanol–water partition coefficient (Wildman–Crippen LogP) is 5.22. The molecule has 4 aliphatic rings. The number of benzene rings is 1. The van der Waals surface area contributed by atoms with E-state index in [0.717, 1.165) is 55.3 Å². The van der Waals surface area contributed by atoms with Gasteiger partial charge in [-0.1, -0.05) is 37.1 Å². The van der Waals surface area contributed by atoms with Crippen LogP contribution in [0.1, 0.15) is 68.8 Å². The van der Waals surface area contributed by atoms with E-state index >= 15 is 0 Å². The molecular weight excluding hydrogens is 364 g/mol. The molecule has 4 aliphatic carbocycles. The standard InChI is InChI=1S/C24H30N2O3/c1-2-3-6-9-28-21-8-5-4-7-19(21)22-13-20(26-29-22)23(27)25-24-14-16-10-17(15-24)12-18(24)11-16/h4-5,7-8,13,16-18H,2-3,6,9-12,14-15H2,1H3,(H,25,27)/t16-,17+,18?,24?. The summed E-state index contributed by atoms with van der Waals surface area (Å²) in [5.41, 5.74) is 1.21. The number of unbranched alkanes of at least 4 members (excludes halogenated alkanes) is 2. The second kappa shape index (κ2) is 7.51. The lowest BCUT2D eigenvalue weighted by molar-refractivity contribution is 0.0865. The molecule has 0 spiro atoms. The monoisotopic (exact) mass is 394 g/mol. The highest BCUT2D eigenvalue weighted by Crippen LogP contribution is 2.60. The SMILES string of the molecule is CCCCCOc1ccccc1-c1cc(C(=O)NC23C[C@@H]4CC2C[C@@H](C4)C3)no1. The van der Waals surface area contributed by atoms with Gasteiger partial charge in [-0.3, -0.25) is 4.79 Å². The number of amides is 1. The average Bonchev–Trinajstić information content (AvgIpc) is 3.35. The fraction of sp³-hybridized carbons (Fsp3) is 0.583. The Morgan fingerprint density at radius 3 is 2.79 bits per heavy atom. The van der Waals surface area contributed by atoms with Crippen LogP contribution in [0.15, 0.2) is 34.9 Å². The zero-order valence-corrected chi connectivity index (χ0v) is 17.2. The van der Waals surface area contributed by atoms with Crippen LogP contribution in [0.3, 0.4) is 0 Å². The van der Waals surface area contributed by atoms with Crippen LogP contribution in [0.5, 0.6) is 5.75 Å². The van der Waals surface area contributed by atoms with Gasteiger partial charge in [0.25, 0.3) is 5.91 Å². The van der Waals surface area contributed by atoms with E-state index < -0.39 is 0 Å². The molecule has 1 heterocycles. The van der Waals surface area contributed by atoms with Crippen LogP contribution in [-0.2, 0) is 0 Å². The maximum atomic E-state index is 13.0. The fourth-order valence-electron chi connectivity index (χ4n) is 6.13. The van der Waals surface area contributed by atoms with E-state index in [0.29, 0.717) is 24.0 Å². The van der Waals surface area contributed by atoms with E-state index in [2.05, 4.69) is 17.4 Å². The van der Waals surface area contributed by atoms with Gasteiger partial charge in [0.2, 0.25) is 0 Å². The maximum absolute atomic E-state index is 13.0. The minimum Gasteiger partial charge on any atom is -0.493 e. The molecule has 1 N–H and O–H groups in total. The van der Waals surface area contributed by atoms with Gasteiger partial charge in [-0.05, 0) is 68.4 Å². The highest BCUT2D eigenvalue weighted by Gasteiger charge is 2.58. The Hall–Kier alpha value is -2.30. The van der Waals surface area contributed by atoms with E-state index in [1.807, 2.05) is 24.3 Å². The quantitative estimate of drug-likeness (QED) is 0.624. The van der Waals surface area contributed by atoms with Crippen molar-refractivity contribution in [2.75, 3.05) is 6.61 Å². The first-order chi connectivity index (χ1) is 14.2. The molecule has 29 heavy (non-hydrogen) atoms. The third kappa shape index (κ3) is 3.45. The number of carbonyl (C=O) groups excluding carboxylic acids is 1. The van der Waals surface area contributed by atoms with Gasteiger partial charge in [0, 0.05) is 11.6 Å². The second-order valence-corrected chi connectivity index (χ2v) is 9.28. The van der Waals surface area contributed by atoms with Crippen LogP contribution in [0, 0.1) is 17.8 Å². The van der Waals surface area contributed by atoms with E-state index in [-0.39, 0.29) is 11.4 Å². The summed E-state index contributed by atoms with van der Waals surface area (Å²) in [5, 5.41) is 7.45. The summed E-state index contributed by atoms with van der Waals surface area (Å²) >= 11 is 0. The zero-order valence-electron chi connectivity index (χ0n) is 17.2. The molecular formula is C24H30N2O3. The average molecular weight is 395 g/mol. The number of nitrogens with zero attached hydrogens (tertiary/aromatic N) is 1. The highest BCUT2D eigenvalue weighted by molar-refractivity contribution is 5.94. The van der Waals surface area contributed by atoms with Crippen molar-refractivity contribution in [1.82, 2.24) is 10.5 Å². The normalized spacial score (nSPS) is 29.3. The van der Waals surface area contributed by atoms with Crippen LogP contribution in [0.4, 0.5) is 0 Å². The first-order valence-electron chi connectivity index (χ1n) is 11.2. The lowest BCUT2D eigenvalue weighted by Crippen LogP contribution is -2.49. The van der Waals surface area contributed by atoms with Gasteiger partial charge >= 0.3 is 0 Å². The number of carbonyl (C=O) groups is 1. The molecule has 154 valence electrons. The molecule has 0 radical (unpaired) electrons. The van der Waals surface area contributed by atoms with Crippen molar-refractivity contribution in [3.05, 3.63) is 36.0 Å². The van der Waals surface area contributed by atoms with E-state index in [9.17, 15) is 4.79 Å². The van der Waals surface area contributed by atoms with Gasteiger partial charge in [-0.15, -0.1) is 0 Å². The largest absolute Gasteiger partial charge is 0.493 e. The molecule has 0 saturated heterocycles. The molecule has 1 aromatic heterocycles. The van der Waals surface area contributed by atoms with Crippen LogP contribution in [0.2, 0.25) is 0 Å². The van der Waals surface area contributed by atoms with Gasteiger partial charge < -0.3 is 14.6 Å². The molecule has 4 saturated carbocycles. The Labute approximate surface area is 172 Å². The van der Waals surface area contributed by atoms with Gasteiger partial charge in [0.05, 0.1) is 12.2 Å². The van der Waals surface area contributed by atoms with Gasteiger partial charge in [-0.25, -0.2) is 0 Å². The maximum Gasteiger partial charge on any atom is 0.273 e. The molecule has 1 amide bonds. The van der Waals surface area contributed by atoms with Gasteiger partial charge in [-0.2, -0.15) is 0 Å². The molecule has 4 atom stereocenters. The smallest absolute Gasteiger partial charge is 0.273 e. The minimum absolute atomic E-state index is 0.00404. The molecule has 1 aromatic carbocycles. The second-order valence-electron chi connectivity index (χ2n) is 9.28. The van der Waals surface area contributed by atoms with Crippen LogP contribution >= 0.6 is 0 Å². The summed E-state index contributed by atoms with van der Waals surface area (Å²) < 4.78 is 11.5. The number of para-hydroxylation sites is 1. The van der Waals surface area contributed by atoms with Crippen LogP contribution in [0.25, 0.3) is 11.3 Å². The van der Waals surface area contributed by atoms with Crippen molar-refractivity contribution < 1.29 is 14.1 Å². The Bertz CT molecular complexity index is 876. The number of ether oxygens (including phenoxy) is 1. The third-order valence-electron chi connectivity index (χ3n) is 7.25. The van der Waals surface area contributed by atoms with Crippen LogP contribution < -0.4 is 10.1 Å². The highest BCUT2D eigenvalue weighted by atomic mass is 16.5. The predicted molar refractivity (Wildman–Crippen MR) is 111 cm³/mol. The molecule has 4 bridgehead atoms. The summed E-state index contributed by atoms with van der Waals surface area (Å²) in [4.78, 5) is 13.0. The van der Waals surface area contributed by atoms with Crippen molar-refractivity contribution in [3.63, 3.8) is 0 Å². The summed E-state index contributed by atoms with van der Waals surface area (Å²) in [6.07, 6.45) is 9.54. The fourth-order valence-corrected chi connectivity index (χ4v) is 6.13. The molecule has 5 heteroatoms. The number of hydrogen-bond acceptors (Lipinski definition) is 4. The van der Waals surface area contributed by atoms with Crippen molar-refractivity contribution in [2.45, 2.75) is 63.8 Å². The Kier molecular flexibility index (Phi) is 4.84. The van der Waals surface area contributed by atoms with Crippen molar-refractivity contribution in [1.29, 1.82) is 0 Å². The Balaban J connectivity index is 1.29. The van der Waals surface area contributed by atoms with Crippen molar-refractivity contribution >= 4 is 5.91 Å². The summed E-state index contributed by atoms with van der Waals surface area (Å²) in [5.74, 6) is 3.51. The van der Waals surface area contributed by atoms with Gasteiger partial charge in [0.15, 0.2) is 11.5 Å². The Morgan fingerprint density at radius 2 is 2.00 bits per heavy atom. The lowest BCUT2D eigenvalue weighted by Gasteiger charge is -2.33. The summed E-state index contributed by atoms with van der Waals surface area (Å²) in [7, 11) is 0. The van der Waals surface area contributed by atoms with Crippen LogP contribution in [-0.4, -0.2) is 23.2 Å². The van der Waals surface area contributed by atoms with Crippen molar-refractivity contribution in [2.24, 2.45) is 17.8 Å². The topological polar surface area (TPSA) is 64.4 Å². The first kappa shape index (κ1) is 18.7. The first-order valence-corrected chi connectivity index (χ1v) is 11.2. The number of hydrogen-bond donors (Lipinski definition) is 1. The molecule has 2 unspecified atom stereocenters. The summed E-state index contributed by atoms with van der Waals surface area (Å²) in [6.45, 7) is 2.86. The molecule has 2 aromatic rings. The third-order valence-corrected chi connectivity index (χ3v) is 7.25. The molecule has 4 fully saturated rings. The van der Waals surface area contributed by atoms with E-state index in [4.69, 9.17) is 9.26 Å². The number of rotatable bonds is 8. The molecule has 0 aliphatic heterocycles. The summed E-state index contributed by atoms with van der Waals surface area (Å²) in [6, 6.07) is 9.54. The number of nitrogens with one attached hydrogen (secondary N) is 1. The van der Waals surface area contributed by atoms with E-state index in [1.165, 1.54) is 19.3 Å². The molecule has 6 rings (SSSR count). The number of aromatic nitrogens is 1. The Morgan fingerprint density at radius 1 is 1.21 bits per heavy atom. The van der Waals surface area contributed by atoms with E-state index in [1.54, 1.807) is 6.07 Å². The van der Waals surface area contributed by atoms with Gasteiger partial charge in [0.1, 0.15) is 5.75 Å². The zero-order chi connectivity index (χ0) is 19.8. The minimum atomic E-state index is -0.102.